The number of benzene rings is 2. The number of fused-ring (bicyclic) bond motifs is 3. The van der Waals surface area contributed by atoms with Crippen molar-refractivity contribution < 1.29 is 31.4 Å². The zero-order chi connectivity index (χ0) is 18.2. The van der Waals surface area contributed by atoms with Gasteiger partial charge in [-0.05, 0) is 17.0 Å². The van der Waals surface area contributed by atoms with Gasteiger partial charge in [-0.2, -0.15) is 0 Å². The van der Waals surface area contributed by atoms with E-state index in [1.54, 1.807) is 0 Å². The first kappa shape index (κ1) is 20.1. The fraction of sp³-hybridized carbons (Fsp3) is 0.409. The Bertz CT molecular complexity index is 734. The highest BCUT2D eigenvalue weighted by molar-refractivity contribution is 5.90. The van der Waals surface area contributed by atoms with Crippen molar-refractivity contribution in [2.45, 2.75) is 24.5 Å². The first-order chi connectivity index (χ1) is 12.5. The van der Waals surface area contributed by atoms with Gasteiger partial charge in [-0.15, -0.1) is 0 Å². The molecule has 1 atom stereocenters. The lowest BCUT2D eigenvalue weighted by molar-refractivity contribution is -0.925. The van der Waals surface area contributed by atoms with Crippen LogP contribution in [-0.4, -0.2) is 48.2 Å². The standard InChI is InChI=1S/C22H26N2O2.BrH/c1-24-14-12-17(13-15-24)20(16-24)23-21(25)22(26,18-8-4-2-5-9-18)19-10-6-3-7-11-19;/h2-11,17,20,26H,12-16H2,1H3;1H/t17?,20-,24?;/m0./s1. The van der Waals surface area contributed by atoms with Gasteiger partial charge in [0.2, 0.25) is 0 Å². The van der Waals surface area contributed by atoms with Crippen molar-refractivity contribution >= 4 is 5.91 Å². The highest BCUT2D eigenvalue weighted by Gasteiger charge is 2.47. The Morgan fingerprint density at radius 3 is 1.93 bits per heavy atom. The Kier molecular flexibility index (Phi) is 5.75. The molecule has 0 saturated carbocycles. The van der Waals surface area contributed by atoms with Crippen LogP contribution in [0.2, 0.25) is 0 Å². The first-order valence-electron chi connectivity index (χ1n) is 9.49. The summed E-state index contributed by atoms with van der Waals surface area (Å²) in [6.07, 6.45) is 2.30. The van der Waals surface area contributed by atoms with E-state index in [9.17, 15) is 9.90 Å². The normalized spacial score (nSPS) is 26.9. The number of nitrogens with one attached hydrogen (secondary N) is 1. The number of likely N-dealkylation sites (N-methyl/N-ethyl adjacent to an activating group) is 1. The van der Waals surface area contributed by atoms with Gasteiger partial charge in [0, 0.05) is 12.8 Å². The van der Waals surface area contributed by atoms with Crippen molar-refractivity contribution in [3.05, 3.63) is 71.8 Å². The number of nitrogens with zero attached hydrogens (tertiary/aromatic N) is 1. The highest BCUT2D eigenvalue weighted by atomic mass is 79.9. The summed E-state index contributed by atoms with van der Waals surface area (Å²) in [6, 6.07) is 18.6. The van der Waals surface area contributed by atoms with Crippen molar-refractivity contribution in [1.29, 1.82) is 0 Å². The summed E-state index contributed by atoms with van der Waals surface area (Å²) in [4.78, 5) is 13.3. The van der Waals surface area contributed by atoms with Crippen LogP contribution in [0.1, 0.15) is 24.0 Å². The fourth-order valence-electron chi connectivity index (χ4n) is 4.64. The van der Waals surface area contributed by atoms with Gasteiger partial charge >= 0.3 is 0 Å². The number of aliphatic hydroxyl groups is 1. The first-order valence-corrected chi connectivity index (χ1v) is 9.49. The molecule has 2 aromatic carbocycles. The zero-order valence-electron chi connectivity index (χ0n) is 15.6. The largest absolute Gasteiger partial charge is 1.00 e. The van der Waals surface area contributed by atoms with Crippen LogP contribution in [0.3, 0.4) is 0 Å². The SMILES string of the molecule is C[N+]12CCC(CC1)[C@@H](NC(=O)C(O)(c1ccccc1)c1ccccc1)C2.[Br-]. The number of quaternary nitrogens is 1. The topological polar surface area (TPSA) is 49.3 Å². The fourth-order valence-corrected chi connectivity index (χ4v) is 4.64. The van der Waals surface area contributed by atoms with E-state index in [1.165, 1.54) is 13.1 Å². The van der Waals surface area contributed by atoms with E-state index in [0.717, 1.165) is 23.9 Å². The van der Waals surface area contributed by atoms with Crippen LogP contribution < -0.4 is 22.3 Å². The molecular formula is C22H27BrN2O2. The van der Waals surface area contributed by atoms with Crippen LogP contribution in [0.5, 0.6) is 0 Å². The van der Waals surface area contributed by atoms with E-state index in [0.29, 0.717) is 17.0 Å². The molecule has 2 N–H and O–H groups in total. The quantitative estimate of drug-likeness (QED) is 0.629. The third-order valence-electron chi connectivity index (χ3n) is 6.31. The third kappa shape index (κ3) is 3.68. The predicted molar refractivity (Wildman–Crippen MR) is 101 cm³/mol. The number of hydrogen-bond acceptors (Lipinski definition) is 2. The second-order valence-corrected chi connectivity index (χ2v) is 8.11. The molecule has 2 bridgehead atoms. The van der Waals surface area contributed by atoms with Crippen LogP contribution in [0.25, 0.3) is 0 Å². The molecule has 4 nitrogen and oxygen atoms in total. The summed E-state index contributed by atoms with van der Waals surface area (Å²) in [5, 5.41) is 14.8. The van der Waals surface area contributed by atoms with Crippen LogP contribution in [0, 0.1) is 5.92 Å². The lowest BCUT2D eigenvalue weighted by Gasteiger charge is -2.51. The number of halogens is 1. The molecule has 5 rings (SSSR count). The monoisotopic (exact) mass is 430 g/mol. The van der Waals surface area contributed by atoms with Gasteiger partial charge in [-0.25, -0.2) is 0 Å². The molecule has 0 unspecified atom stereocenters. The van der Waals surface area contributed by atoms with Gasteiger partial charge in [-0.3, -0.25) is 4.79 Å². The Labute approximate surface area is 171 Å². The molecule has 0 aromatic heterocycles. The Hall–Kier alpha value is -1.69. The summed E-state index contributed by atoms with van der Waals surface area (Å²) in [6.45, 7) is 3.34. The van der Waals surface area contributed by atoms with Crippen molar-refractivity contribution in [2.24, 2.45) is 5.92 Å². The van der Waals surface area contributed by atoms with Gasteiger partial charge in [0.1, 0.15) is 0 Å². The molecular weight excluding hydrogens is 404 g/mol. The number of hydrogen-bond donors (Lipinski definition) is 2. The van der Waals surface area contributed by atoms with Gasteiger partial charge in [0.15, 0.2) is 5.60 Å². The molecule has 3 fully saturated rings. The van der Waals surface area contributed by atoms with E-state index in [4.69, 9.17) is 0 Å². The van der Waals surface area contributed by atoms with E-state index >= 15 is 0 Å². The van der Waals surface area contributed by atoms with E-state index in [1.807, 2.05) is 60.7 Å². The molecule has 3 saturated heterocycles. The molecule has 0 radical (unpaired) electrons. The van der Waals surface area contributed by atoms with Crippen LogP contribution in [0.15, 0.2) is 60.7 Å². The minimum atomic E-state index is -1.67. The van der Waals surface area contributed by atoms with Crippen LogP contribution in [-0.2, 0) is 10.4 Å². The molecule has 5 heteroatoms. The lowest BCUT2D eigenvalue weighted by atomic mass is 9.80. The van der Waals surface area contributed by atoms with Gasteiger partial charge in [-0.1, -0.05) is 60.7 Å². The smallest absolute Gasteiger partial charge is 0.261 e. The summed E-state index contributed by atoms with van der Waals surface area (Å²) >= 11 is 0. The molecule has 3 heterocycles. The summed E-state index contributed by atoms with van der Waals surface area (Å²) in [5.74, 6) is 0.204. The summed E-state index contributed by atoms with van der Waals surface area (Å²) < 4.78 is 1.02. The van der Waals surface area contributed by atoms with Crippen molar-refractivity contribution in [2.75, 3.05) is 26.7 Å². The minimum absolute atomic E-state index is 0. The third-order valence-corrected chi connectivity index (χ3v) is 6.31. The second-order valence-electron chi connectivity index (χ2n) is 8.11. The molecule has 144 valence electrons. The summed E-state index contributed by atoms with van der Waals surface area (Å²) in [5.41, 5.74) is -0.469. The number of amides is 1. The number of carbonyl (C=O) groups is 1. The Morgan fingerprint density at radius 1 is 1.00 bits per heavy atom. The predicted octanol–water partition coefficient (Wildman–Crippen LogP) is -0.718. The van der Waals surface area contributed by atoms with Crippen molar-refractivity contribution in [3.8, 4) is 0 Å². The van der Waals surface area contributed by atoms with Gasteiger partial charge in [0.05, 0.1) is 32.7 Å². The Balaban J connectivity index is 0.00000210. The second kappa shape index (κ2) is 7.74. The minimum Gasteiger partial charge on any atom is -1.00 e. The maximum Gasteiger partial charge on any atom is 0.261 e. The van der Waals surface area contributed by atoms with Crippen LogP contribution in [0.4, 0.5) is 0 Å². The molecule has 0 aliphatic carbocycles. The molecule has 2 aromatic rings. The van der Waals surface area contributed by atoms with Gasteiger partial charge in [0.25, 0.3) is 5.91 Å². The number of rotatable bonds is 4. The van der Waals surface area contributed by atoms with Gasteiger partial charge < -0.3 is 31.9 Å². The Morgan fingerprint density at radius 2 is 1.48 bits per heavy atom. The van der Waals surface area contributed by atoms with E-state index in [-0.39, 0.29) is 28.9 Å². The average Bonchev–Trinajstić information content (AvgIpc) is 2.69. The van der Waals surface area contributed by atoms with Crippen molar-refractivity contribution in [3.63, 3.8) is 0 Å². The molecule has 3 aliphatic heterocycles. The van der Waals surface area contributed by atoms with Crippen molar-refractivity contribution in [1.82, 2.24) is 5.32 Å². The van der Waals surface area contributed by atoms with E-state index < -0.39 is 5.60 Å². The zero-order valence-corrected chi connectivity index (χ0v) is 17.2. The number of carbonyl (C=O) groups excluding carboxylic acids is 1. The average molecular weight is 431 g/mol. The van der Waals surface area contributed by atoms with Crippen LogP contribution >= 0.6 is 0 Å². The molecule has 3 aliphatic rings. The maximum atomic E-state index is 13.3. The number of piperidine rings is 3. The molecule has 0 spiro atoms. The summed E-state index contributed by atoms with van der Waals surface area (Å²) in [7, 11) is 2.27. The van der Waals surface area contributed by atoms with E-state index in [2.05, 4.69) is 12.4 Å². The lowest BCUT2D eigenvalue weighted by Crippen LogP contribution is -3.00. The molecule has 27 heavy (non-hydrogen) atoms. The highest BCUT2D eigenvalue weighted by Crippen LogP contribution is 2.34. The maximum absolute atomic E-state index is 13.3. The molecule has 1 amide bonds.